The maximum absolute atomic E-state index is 10.4. The quantitative estimate of drug-likeness (QED) is 0.226. The number of thioether (sulfide) groups is 1. The molecule has 0 bridgehead atoms. The fourth-order valence-electron chi connectivity index (χ4n) is 9.05. The number of hydrogen-bond acceptors (Lipinski definition) is 4. The lowest BCUT2D eigenvalue weighted by Gasteiger charge is -2.53. The second-order valence-corrected chi connectivity index (χ2v) is 14.5. The van der Waals surface area contributed by atoms with E-state index >= 15 is 0 Å². The van der Waals surface area contributed by atoms with Crippen LogP contribution in [-0.4, -0.2) is 27.5 Å². The fraction of sp³-hybridized carbons (Fsp3) is 0.211. The van der Waals surface area contributed by atoms with Crippen molar-refractivity contribution >= 4 is 41.3 Å². The van der Waals surface area contributed by atoms with Gasteiger partial charge in [0.1, 0.15) is 0 Å². The zero-order chi connectivity index (χ0) is 29.1. The second kappa shape index (κ2) is 8.89. The number of nitrogens with zero attached hydrogens (tertiary/aromatic N) is 1. The van der Waals surface area contributed by atoms with Crippen molar-refractivity contribution in [3.05, 3.63) is 131 Å². The van der Waals surface area contributed by atoms with Gasteiger partial charge >= 0.3 is 7.12 Å². The molecule has 0 spiro atoms. The van der Waals surface area contributed by atoms with Crippen LogP contribution in [0.3, 0.4) is 0 Å². The minimum absolute atomic E-state index is 0.0768. The predicted molar refractivity (Wildman–Crippen MR) is 180 cm³/mol. The molecule has 5 aliphatic rings. The molecule has 9 rings (SSSR count). The third-order valence-corrected chi connectivity index (χ3v) is 12.3. The highest BCUT2D eigenvalue weighted by atomic mass is 32.2. The van der Waals surface area contributed by atoms with Gasteiger partial charge in [0.15, 0.2) is 0 Å². The van der Waals surface area contributed by atoms with E-state index in [1.165, 1.54) is 44.1 Å². The summed E-state index contributed by atoms with van der Waals surface area (Å²) < 4.78 is -0.0768. The average Bonchev–Trinajstić information content (AvgIpc) is 3.48. The third-order valence-electron chi connectivity index (χ3n) is 10.7. The van der Waals surface area contributed by atoms with Gasteiger partial charge < -0.3 is 14.9 Å². The first kappa shape index (κ1) is 25.7. The zero-order valence-electron chi connectivity index (χ0n) is 24.3. The number of benzene rings is 4. The van der Waals surface area contributed by atoms with Gasteiger partial charge in [-0.25, -0.2) is 0 Å². The summed E-state index contributed by atoms with van der Waals surface area (Å²) in [4.78, 5) is 4.15. The molecule has 2 N–H and O–H groups in total. The molecule has 4 aromatic rings. The van der Waals surface area contributed by atoms with Crippen LogP contribution >= 0.6 is 11.8 Å². The largest absolute Gasteiger partial charge is 0.488 e. The highest BCUT2D eigenvalue weighted by Crippen LogP contribution is 2.72. The van der Waals surface area contributed by atoms with Gasteiger partial charge in [0, 0.05) is 33.5 Å². The van der Waals surface area contributed by atoms with Crippen LogP contribution in [0.5, 0.6) is 0 Å². The first-order valence-electron chi connectivity index (χ1n) is 15.3. The summed E-state index contributed by atoms with van der Waals surface area (Å²) in [5.74, 6) is 0.432. The molecule has 4 unspecified atom stereocenters. The maximum Gasteiger partial charge on any atom is 0.488 e. The Hall–Kier alpha value is -3.77. The second-order valence-electron chi connectivity index (χ2n) is 12.9. The van der Waals surface area contributed by atoms with E-state index in [1.807, 2.05) is 12.1 Å². The van der Waals surface area contributed by atoms with Gasteiger partial charge in [-0.1, -0.05) is 97.1 Å². The molecular weight excluding hydrogens is 545 g/mol. The summed E-state index contributed by atoms with van der Waals surface area (Å²) >= 11 is 2.11. The van der Waals surface area contributed by atoms with Crippen LogP contribution in [0.25, 0.3) is 27.8 Å². The van der Waals surface area contributed by atoms with Crippen molar-refractivity contribution < 1.29 is 10.0 Å². The van der Waals surface area contributed by atoms with Gasteiger partial charge in [-0.3, -0.25) is 0 Å². The van der Waals surface area contributed by atoms with E-state index in [0.29, 0.717) is 5.46 Å². The lowest BCUT2D eigenvalue weighted by molar-refractivity contribution is 0.351. The van der Waals surface area contributed by atoms with E-state index in [1.54, 1.807) is 0 Å². The summed E-state index contributed by atoms with van der Waals surface area (Å²) in [5.41, 5.74) is 12.4. The zero-order valence-corrected chi connectivity index (χ0v) is 25.1. The minimum atomic E-state index is -1.54. The monoisotopic (exact) mass is 577 g/mol. The van der Waals surface area contributed by atoms with Gasteiger partial charge in [-0.15, -0.1) is 11.8 Å². The topological polar surface area (TPSA) is 43.7 Å². The Labute approximate surface area is 257 Å². The number of para-hydroxylation sites is 2. The number of hydrogen-bond donors (Lipinski definition) is 2. The molecule has 210 valence electrons. The van der Waals surface area contributed by atoms with Crippen molar-refractivity contribution in [1.29, 1.82) is 0 Å². The van der Waals surface area contributed by atoms with E-state index in [2.05, 4.69) is 128 Å². The SMILES string of the molecule is CC12SC3=C(C=CCC3)C1C=C1c3cc(B(O)O)ccc3-c3ccccc3-c3ccccc3N3c4ccccc4C2C13C. The van der Waals surface area contributed by atoms with Crippen LogP contribution in [0.1, 0.15) is 43.7 Å². The van der Waals surface area contributed by atoms with Crippen molar-refractivity contribution in [3.8, 4) is 22.3 Å². The fourth-order valence-corrected chi connectivity index (χ4v) is 10.9. The molecule has 0 radical (unpaired) electrons. The lowest BCUT2D eigenvalue weighted by atomic mass is 9.59. The molecule has 0 saturated heterocycles. The Morgan fingerprint density at radius 3 is 2.26 bits per heavy atom. The Morgan fingerprint density at radius 2 is 1.47 bits per heavy atom. The van der Waals surface area contributed by atoms with E-state index in [9.17, 15) is 10.0 Å². The standard InChI is InChI=1S/C38H32BNO2S/c1-37-31-22-32-28-14-7-10-18-35(28)43-38(32,2)36(37)29-15-6-9-17-34(29)40(37)33-16-8-5-13-27(33)25-12-4-3-11-24(25)26-20-19-23(39(41)42)21-30(26)31/h3-9,11-17,19-22,32,36,41-42H,10,18H2,1-2H3. The van der Waals surface area contributed by atoms with Crippen molar-refractivity contribution in [2.45, 2.75) is 42.9 Å². The van der Waals surface area contributed by atoms with Gasteiger partial charge in [0.05, 0.1) is 5.54 Å². The van der Waals surface area contributed by atoms with Gasteiger partial charge in [-0.2, -0.15) is 0 Å². The Bertz CT molecular complexity index is 1960. The van der Waals surface area contributed by atoms with Crippen molar-refractivity contribution in [2.24, 2.45) is 5.92 Å². The van der Waals surface area contributed by atoms with E-state index < -0.39 is 12.7 Å². The molecular formula is C38H32BNO2S. The van der Waals surface area contributed by atoms with Gasteiger partial charge in [-0.05, 0) is 88.2 Å². The van der Waals surface area contributed by atoms with Crippen molar-refractivity contribution in [3.63, 3.8) is 0 Å². The molecule has 0 saturated carbocycles. The van der Waals surface area contributed by atoms with Crippen LogP contribution in [0, 0.1) is 5.92 Å². The molecule has 5 heteroatoms. The first-order valence-corrected chi connectivity index (χ1v) is 16.1. The Morgan fingerprint density at radius 1 is 0.791 bits per heavy atom. The predicted octanol–water partition coefficient (Wildman–Crippen LogP) is 7.83. The number of rotatable bonds is 1. The van der Waals surface area contributed by atoms with Crippen LogP contribution in [0.4, 0.5) is 11.4 Å². The molecule has 0 amide bonds. The molecule has 0 aromatic heterocycles. The van der Waals surface area contributed by atoms with Gasteiger partial charge in [0.2, 0.25) is 0 Å². The molecule has 4 aromatic carbocycles. The Kier molecular flexibility index (Phi) is 5.31. The molecule has 2 aliphatic carbocycles. The highest BCUT2D eigenvalue weighted by Gasteiger charge is 2.65. The summed E-state index contributed by atoms with van der Waals surface area (Å²) in [5, 5.41) is 20.8. The molecule has 43 heavy (non-hydrogen) atoms. The lowest BCUT2D eigenvalue weighted by Crippen LogP contribution is -2.55. The smallest absolute Gasteiger partial charge is 0.423 e. The first-order chi connectivity index (χ1) is 20.9. The molecule has 3 nitrogen and oxygen atoms in total. The molecule has 3 heterocycles. The van der Waals surface area contributed by atoms with Gasteiger partial charge in [0.25, 0.3) is 0 Å². The highest BCUT2D eigenvalue weighted by molar-refractivity contribution is 8.04. The number of allylic oxidation sites excluding steroid dienone is 5. The van der Waals surface area contributed by atoms with Crippen LogP contribution in [0.2, 0.25) is 0 Å². The van der Waals surface area contributed by atoms with Crippen molar-refractivity contribution in [2.75, 3.05) is 4.90 Å². The molecule has 4 atom stereocenters. The normalized spacial score (nSPS) is 27.3. The van der Waals surface area contributed by atoms with E-state index in [4.69, 9.17) is 0 Å². The maximum atomic E-state index is 10.4. The number of anilines is 2. The Balaban J connectivity index is 1.47. The molecule has 3 aliphatic heterocycles. The third kappa shape index (κ3) is 3.25. The van der Waals surface area contributed by atoms with E-state index in [-0.39, 0.29) is 16.6 Å². The molecule has 0 fully saturated rings. The average molecular weight is 578 g/mol. The van der Waals surface area contributed by atoms with E-state index in [0.717, 1.165) is 29.5 Å². The summed E-state index contributed by atoms with van der Waals surface area (Å²) in [6.45, 7) is 4.94. The van der Waals surface area contributed by atoms with Crippen LogP contribution < -0.4 is 10.4 Å². The summed E-state index contributed by atoms with van der Waals surface area (Å²) in [6, 6.07) is 32.6. The van der Waals surface area contributed by atoms with Crippen LogP contribution in [-0.2, 0) is 0 Å². The minimum Gasteiger partial charge on any atom is -0.423 e. The summed E-state index contributed by atoms with van der Waals surface area (Å²) in [6.07, 6.45) is 9.49. The van der Waals surface area contributed by atoms with Crippen molar-refractivity contribution in [1.82, 2.24) is 0 Å². The summed E-state index contributed by atoms with van der Waals surface area (Å²) in [7, 11) is -1.54. The number of fused-ring (bicyclic) bond motifs is 13. The van der Waals surface area contributed by atoms with Crippen LogP contribution in [0.15, 0.2) is 120 Å².